The average Bonchev–Trinajstić information content (AvgIpc) is 2.86. The number of benzene rings is 1. The highest BCUT2D eigenvalue weighted by Gasteiger charge is 2.34. The van der Waals surface area contributed by atoms with Crippen molar-refractivity contribution in [3.63, 3.8) is 0 Å². The summed E-state index contributed by atoms with van der Waals surface area (Å²) in [5.74, 6) is 1.33. The third-order valence-corrected chi connectivity index (χ3v) is 6.51. The number of aromatic nitrogens is 3. The summed E-state index contributed by atoms with van der Waals surface area (Å²) in [6, 6.07) is 13.3. The number of anilines is 1. The first kappa shape index (κ1) is 21.2. The maximum atomic E-state index is 13.3. The first-order valence-corrected chi connectivity index (χ1v) is 11.5. The number of carbonyl (C=O) groups is 2. The van der Waals surface area contributed by atoms with Gasteiger partial charge in [0.25, 0.3) is 5.91 Å². The summed E-state index contributed by atoms with van der Waals surface area (Å²) in [6.07, 6.45) is 7.13. The van der Waals surface area contributed by atoms with Crippen LogP contribution in [0.2, 0.25) is 0 Å². The Morgan fingerprint density at radius 2 is 1.91 bits per heavy atom. The minimum absolute atomic E-state index is 0.0519. The van der Waals surface area contributed by atoms with E-state index >= 15 is 0 Å². The largest absolute Gasteiger partial charge is 0.328 e. The Bertz CT molecular complexity index is 1170. The summed E-state index contributed by atoms with van der Waals surface area (Å²) in [5.41, 5.74) is 3.54. The molecular weight excluding hydrogens is 414 g/mol. The number of likely N-dealkylation sites (tertiary alicyclic amines) is 1. The normalized spacial score (nSPS) is 18.2. The van der Waals surface area contributed by atoms with Crippen LogP contribution in [0.1, 0.15) is 64.7 Å². The number of aryl methyl sites for hydroxylation is 1. The molecule has 4 heterocycles. The molecule has 1 saturated heterocycles. The number of carbonyl (C=O) groups excluding carboxylic acids is 2. The zero-order valence-electron chi connectivity index (χ0n) is 18.8. The first-order valence-electron chi connectivity index (χ1n) is 11.5. The number of fused-ring (bicyclic) bond motifs is 1. The van der Waals surface area contributed by atoms with Gasteiger partial charge in [0.05, 0.1) is 18.2 Å². The smallest absolute Gasteiger partial charge is 0.256 e. The second-order valence-electron chi connectivity index (χ2n) is 8.69. The number of nitrogens with zero attached hydrogens (tertiary/aromatic N) is 5. The van der Waals surface area contributed by atoms with Crippen molar-refractivity contribution in [2.45, 2.75) is 51.6 Å². The molecule has 2 aliphatic heterocycles. The topological polar surface area (TPSA) is 79.3 Å². The fourth-order valence-electron chi connectivity index (χ4n) is 4.78. The summed E-state index contributed by atoms with van der Waals surface area (Å²) in [4.78, 5) is 43.7. The molecule has 0 saturated carbocycles. The highest BCUT2D eigenvalue weighted by atomic mass is 16.2. The van der Waals surface area contributed by atoms with Crippen molar-refractivity contribution < 1.29 is 9.59 Å². The van der Waals surface area contributed by atoms with Crippen molar-refractivity contribution in [3.05, 3.63) is 83.1 Å². The van der Waals surface area contributed by atoms with Gasteiger partial charge in [-0.3, -0.25) is 19.5 Å². The van der Waals surface area contributed by atoms with E-state index < -0.39 is 0 Å². The standard InChI is InChI=1S/C26H27N5O2/c1-18-21-12-13-23(32)31(17-19-8-3-2-4-9-19)25(21)29-24(28-18)22-11-5-6-15-30(22)26(33)20-10-7-14-27-16-20/h2-4,7-10,14,16,22H,5-6,11-13,15,17H2,1H3/t22-/m0/s1. The molecule has 0 radical (unpaired) electrons. The number of piperidine rings is 1. The molecule has 168 valence electrons. The minimum atomic E-state index is -0.217. The second kappa shape index (κ2) is 9.10. The molecule has 0 bridgehead atoms. The van der Waals surface area contributed by atoms with Crippen LogP contribution in [0.15, 0.2) is 54.9 Å². The van der Waals surface area contributed by atoms with E-state index in [9.17, 15) is 9.59 Å². The van der Waals surface area contributed by atoms with Gasteiger partial charge in [-0.15, -0.1) is 0 Å². The van der Waals surface area contributed by atoms with Gasteiger partial charge in [0.15, 0.2) is 5.82 Å². The molecule has 7 heteroatoms. The number of hydrogen-bond donors (Lipinski definition) is 0. The average molecular weight is 442 g/mol. The second-order valence-corrected chi connectivity index (χ2v) is 8.69. The molecule has 7 nitrogen and oxygen atoms in total. The molecule has 0 unspecified atom stereocenters. The molecule has 0 aliphatic carbocycles. The maximum absolute atomic E-state index is 13.3. The van der Waals surface area contributed by atoms with Crippen molar-refractivity contribution in [3.8, 4) is 0 Å². The van der Waals surface area contributed by atoms with E-state index in [4.69, 9.17) is 9.97 Å². The fraction of sp³-hybridized carbons (Fsp3) is 0.346. The third kappa shape index (κ3) is 4.23. The maximum Gasteiger partial charge on any atom is 0.256 e. The highest BCUT2D eigenvalue weighted by Crippen LogP contribution is 2.35. The van der Waals surface area contributed by atoms with Crippen LogP contribution in [0, 0.1) is 6.92 Å². The van der Waals surface area contributed by atoms with Gasteiger partial charge in [-0.25, -0.2) is 9.97 Å². The SMILES string of the molecule is Cc1nc([C@@H]2CCCCN2C(=O)c2cccnc2)nc2c1CCC(=O)N2Cc1ccccc1. The summed E-state index contributed by atoms with van der Waals surface area (Å²) < 4.78 is 0. The predicted molar refractivity (Wildman–Crippen MR) is 125 cm³/mol. The Balaban J connectivity index is 1.51. The lowest BCUT2D eigenvalue weighted by Gasteiger charge is -2.36. The highest BCUT2D eigenvalue weighted by molar-refractivity contribution is 5.95. The van der Waals surface area contributed by atoms with Crippen molar-refractivity contribution in [2.75, 3.05) is 11.4 Å². The van der Waals surface area contributed by atoms with E-state index in [0.29, 0.717) is 43.1 Å². The molecule has 2 amide bonds. The zero-order chi connectivity index (χ0) is 22.8. The minimum Gasteiger partial charge on any atom is -0.328 e. The van der Waals surface area contributed by atoms with Gasteiger partial charge < -0.3 is 4.90 Å². The lowest BCUT2D eigenvalue weighted by molar-refractivity contribution is -0.119. The van der Waals surface area contributed by atoms with Crippen LogP contribution in [0.3, 0.4) is 0 Å². The Hall–Kier alpha value is -3.61. The Kier molecular flexibility index (Phi) is 5.86. The molecule has 1 fully saturated rings. The monoisotopic (exact) mass is 441 g/mol. The van der Waals surface area contributed by atoms with Crippen LogP contribution in [0.4, 0.5) is 5.82 Å². The van der Waals surface area contributed by atoms with E-state index in [1.54, 1.807) is 29.4 Å². The van der Waals surface area contributed by atoms with Crippen LogP contribution in [0.5, 0.6) is 0 Å². The van der Waals surface area contributed by atoms with Gasteiger partial charge in [-0.2, -0.15) is 0 Å². The first-order chi connectivity index (χ1) is 16.1. The molecule has 2 aliphatic rings. The molecule has 2 aromatic heterocycles. The van der Waals surface area contributed by atoms with Gasteiger partial charge in [0, 0.05) is 36.6 Å². The van der Waals surface area contributed by atoms with Gasteiger partial charge in [-0.1, -0.05) is 30.3 Å². The number of amides is 2. The molecule has 33 heavy (non-hydrogen) atoms. The van der Waals surface area contributed by atoms with E-state index in [-0.39, 0.29) is 17.9 Å². The van der Waals surface area contributed by atoms with E-state index in [0.717, 1.165) is 36.1 Å². The summed E-state index contributed by atoms with van der Waals surface area (Å²) in [7, 11) is 0. The molecule has 5 rings (SSSR count). The summed E-state index contributed by atoms with van der Waals surface area (Å²) >= 11 is 0. The van der Waals surface area contributed by atoms with Crippen LogP contribution in [0.25, 0.3) is 0 Å². The Labute approximate surface area is 193 Å². The van der Waals surface area contributed by atoms with E-state index in [1.165, 1.54) is 0 Å². The van der Waals surface area contributed by atoms with Gasteiger partial charge in [0.2, 0.25) is 5.91 Å². The Morgan fingerprint density at radius 3 is 2.70 bits per heavy atom. The van der Waals surface area contributed by atoms with E-state index in [1.807, 2.05) is 42.2 Å². The Morgan fingerprint density at radius 1 is 1.06 bits per heavy atom. The number of hydrogen-bond acceptors (Lipinski definition) is 5. The molecule has 1 aromatic carbocycles. The van der Waals surface area contributed by atoms with Gasteiger partial charge in [-0.05, 0) is 50.3 Å². The van der Waals surface area contributed by atoms with Crippen LogP contribution in [-0.2, 0) is 17.8 Å². The third-order valence-electron chi connectivity index (χ3n) is 6.51. The summed E-state index contributed by atoms with van der Waals surface area (Å²) in [6.45, 7) is 3.12. The van der Waals surface area contributed by atoms with Crippen LogP contribution < -0.4 is 4.90 Å². The lowest BCUT2D eigenvalue weighted by atomic mass is 9.98. The fourth-order valence-corrected chi connectivity index (χ4v) is 4.78. The quantitative estimate of drug-likeness (QED) is 0.611. The van der Waals surface area contributed by atoms with Crippen LogP contribution in [-0.4, -0.2) is 38.2 Å². The molecular formula is C26H27N5O2. The zero-order valence-corrected chi connectivity index (χ0v) is 18.8. The molecule has 0 N–H and O–H groups in total. The van der Waals surface area contributed by atoms with Crippen molar-refractivity contribution >= 4 is 17.6 Å². The molecule has 1 atom stereocenters. The van der Waals surface area contributed by atoms with Gasteiger partial charge in [0.1, 0.15) is 5.82 Å². The predicted octanol–water partition coefficient (Wildman–Crippen LogP) is 4.03. The molecule has 0 spiro atoms. The number of rotatable bonds is 4. The number of pyridine rings is 1. The van der Waals surface area contributed by atoms with Crippen molar-refractivity contribution in [1.82, 2.24) is 19.9 Å². The van der Waals surface area contributed by atoms with Crippen molar-refractivity contribution in [2.24, 2.45) is 0 Å². The molecule has 3 aromatic rings. The van der Waals surface area contributed by atoms with Crippen molar-refractivity contribution in [1.29, 1.82) is 0 Å². The van der Waals surface area contributed by atoms with Crippen LogP contribution >= 0.6 is 0 Å². The lowest BCUT2D eigenvalue weighted by Crippen LogP contribution is -2.40. The van der Waals surface area contributed by atoms with Gasteiger partial charge >= 0.3 is 0 Å². The summed E-state index contributed by atoms with van der Waals surface area (Å²) in [5, 5.41) is 0. The van der Waals surface area contributed by atoms with E-state index in [2.05, 4.69) is 4.98 Å².